The smallest absolute Gasteiger partial charge is 0.416 e. The highest BCUT2D eigenvalue weighted by atomic mass is 32.2. The van der Waals surface area contributed by atoms with Crippen LogP contribution in [0.4, 0.5) is 23.7 Å². The van der Waals surface area contributed by atoms with Gasteiger partial charge in [0, 0.05) is 11.3 Å². The second-order valence-corrected chi connectivity index (χ2v) is 7.12. The van der Waals surface area contributed by atoms with Crippen molar-refractivity contribution in [1.29, 1.82) is 0 Å². The molecular weight excluding hydrogens is 421 g/mol. The van der Waals surface area contributed by atoms with Crippen molar-refractivity contribution >= 4 is 34.7 Å². The van der Waals surface area contributed by atoms with Gasteiger partial charge in [-0.25, -0.2) is 0 Å². The first-order valence-electron chi connectivity index (χ1n) is 8.61. The van der Waals surface area contributed by atoms with Gasteiger partial charge < -0.3 is 14.8 Å². The number of ether oxygens (including phenoxy) is 2. The van der Waals surface area contributed by atoms with Crippen LogP contribution in [0.1, 0.15) is 11.1 Å². The van der Waals surface area contributed by atoms with E-state index >= 15 is 0 Å². The summed E-state index contributed by atoms with van der Waals surface area (Å²) in [6.07, 6.45) is -2.98. The largest absolute Gasteiger partial charge is 0.497 e. The van der Waals surface area contributed by atoms with Gasteiger partial charge in [-0.2, -0.15) is 13.2 Å². The van der Waals surface area contributed by atoms with Crippen molar-refractivity contribution in [3.63, 3.8) is 0 Å². The quantitative estimate of drug-likeness (QED) is 0.652. The molecule has 0 radical (unpaired) electrons. The number of carbonyl (C=O) groups is 2. The highest BCUT2D eigenvalue weighted by molar-refractivity contribution is 8.18. The van der Waals surface area contributed by atoms with Crippen molar-refractivity contribution in [3.8, 4) is 11.5 Å². The van der Waals surface area contributed by atoms with Crippen molar-refractivity contribution in [2.45, 2.75) is 6.18 Å². The van der Waals surface area contributed by atoms with Gasteiger partial charge in [-0.15, -0.1) is 0 Å². The summed E-state index contributed by atoms with van der Waals surface area (Å²) >= 11 is 0.734. The van der Waals surface area contributed by atoms with Gasteiger partial charge in [0.2, 0.25) is 0 Å². The number of benzene rings is 2. The Morgan fingerprint density at radius 1 is 1.10 bits per heavy atom. The highest BCUT2D eigenvalue weighted by Gasteiger charge is 2.35. The van der Waals surface area contributed by atoms with Gasteiger partial charge in [0.1, 0.15) is 11.5 Å². The van der Waals surface area contributed by atoms with Gasteiger partial charge in [-0.05, 0) is 54.2 Å². The number of imide groups is 1. The van der Waals surface area contributed by atoms with E-state index in [-0.39, 0.29) is 17.3 Å². The Bertz CT molecular complexity index is 1010. The number of nitrogens with one attached hydrogen (secondary N) is 1. The molecule has 3 rings (SSSR count). The van der Waals surface area contributed by atoms with Crippen LogP contribution in [0, 0.1) is 0 Å². The lowest BCUT2D eigenvalue weighted by atomic mass is 10.1. The third kappa shape index (κ3) is 4.70. The first kappa shape index (κ1) is 21.6. The minimum Gasteiger partial charge on any atom is -0.497 e. The second kappa shape index (κ2) is 8.70. The second-order valence-electron chi connectivity index (χ2n) is 6.13. The lowest BCUT2D eigenvalue weighted by molar-refractivity contribution is -0.137. The topological polar surface area (TPSA) is 67.9 Å². The molecule has 0 spiro atoms. The average Bonchev–Trinajstić information content (AvgIpc) is 2.98. The molecule has 2 amide bonds. The number of methoxy groups -OCH3 is 2. The lowest BCUT2D eigenvalue weighted by Gasteiger charge is -2.15. The van der Waals surface area contributed by atoms with Crippen molar-refractivity contribution in [2.75, 3.05) is 26.2 Å². The molecule has 1 aliphatic rings. The Balaban J connectivity index is 1.77. The van der Waals surface area contributed by atoms with Crippen LogP contribution in [-0.4, -0.2) is 36.9 Å². The van der Waals surface area contributed by atoms with E-state index in [9.17, 15) is 22.8 Å². The van der Waals surface area contributed by atoms with E-state index in [1.807, 2.05) is 0 Å². The zero-order valence-electron chi connectivity index (χ0n) is 15.9. The van der Waals surface area contributed by atoms with Crippen LogP contribution in [-0.2, 0) is 11.0 Å². The maximum absolute atomic E-state index is 12.8. The number of carbonyl (C=O) groups excluding carboxylic acids is 2. The van der Waals surface area contributed by atoms with E-state index in [0.717, 1.165) is 28.8 Å². The van der Waals surface area contributed by atoms with Crippen molar-refractivity contribution in [1.82, 2.24) is 4.90 Å². The number of hydrogen-bond donors (Lipinski definition) is 1. The summed E-state index contributed by atoms with van der Waals surface area (Å²) in [5.41, 5.74) is -0.137. The molecule has 0 saturated carbocycles. The molecule has 0 unspecified atom stereocenters. The number of anilines is 1. The summed E-state index contributed by atoms with van der Waals surface area (Å²) in [4.78, 5) is 26.0. The predicted octanol–water partition coefficient (Wildman–Crippen LogP) is 4.83. The zero-order chi connectivity index (χ0) is 21.9. The molecule has 1 saturated heterocycles. The molecule has 2 aromatic carbocycles. The number of amides is 2. The summed E-state index contributed by atoms with van der Waals surface area (Å²) in [6.45, 7) is -0.265. The lowest BCUT2D eigenvalue weighted by Crippen LogP contribution is -2.33. The minimum absolute atomic E-state index is 0.141. The molecule has 0 aromatic heterocycles. The summed E-state index contributed by atoms with van der Waals surface area (Å²) < 4.78 is 48.9. The molecule has 1 fully saturated rings. The van der Waals surface area contributed by atoms with Crippen LogP contribution in [0.3, 0.4) is 0 Å². The van der Waals surface area contributed by atoms with Gasteiger partial charge in [0.25, 0.3) is 11.1 Å². The summed E-state index contributed by atoms with van der Waals surface area (Å²) in [6, 6.07) is 9.55. The van der Waals surface area contributed by atoms with E-state index in [4.69, 9.17) is 9.47 Å². The molecule has 10 heteroatoms. The van der Waals surface area contributed by atoms with E-state index in [2.05, 4.69) is 5.32 Å². The Hall–Kier alpha value is -3.14. The van der Waals surface area contributed by atoms with Gasteiger partial charge >= 0.3 is 6.18 Å². The Labute approximate surface area is 174 Å². The standard InChI is InChI=1S/C20H17F3N2O4S/c1-28-15-6-7-16(29-2)12(8-15)9-17-18(26)25(19(27)30-17)11-24-14-5-3-4-13(10-14)20(21,22)23/h3-10,24H,11H2,1-2H3/b17-9-. The van der Waals surface area contributed by atoms with E-state index in [1.54, 1.807) is 18.2 Å². The Kier molecular flexibility index (Phi) is 6.25. The Morgan fingerprint density at radius 3 is 2.53 bits per heavy atom. The number of hydrogen-bond acceptors (Lipinski definition) is 6. The van der Waals surface area contributed by atoms with Crippen LogP contribution < -0.4 is 14.8 Å². The number of alkyl halides is 3. The maximum atomic E-state index is 12.8. The third-order valence-corrected chi connectivity index (χ3v) is 5.14. The molecule has 6 nitrogen and oxygen atoms in total. The fourth-order valence-corrected chi connectivity index (χ4v) is 3.53. The maximum Gasteiger partial charge on any atom is 0.416 e. The predicted molar refractivity (Wildman–Crippen MR) is 107 cm³/mol. The SMILES string of the molecule is COc1ccc(OC)c(/C=C2\SC(=O)N(CNc3cccc(C(F)(F)F)c3)C2=O)c1. The van der Waals surface area contributed by atoms with Gasteiger partial charge in [0.15, 0.2) is 0 Å². The molecule has 0 aliphatic carbocycles. The third-order valence-electron chi connectivity index (χ3n) is 4.23. The van der Waals surface area contributed by atoms with E-state index in [0.29, 0.717) is 17.1 Å². The molecule has 0 bridgehead atoms. The molecule has 2 aromatic rings. The van der Waals surface area contributed by atoms with Gasteiger partial charge in [-0.3, -0.25) is 14.5 Å². The van der Waals surface area contributed by atoms with Crippen LogP contribution in [0.2, 0.25) is 0 Å². The van der Waals surface area contributed by atoms with Crippen LogP contribution in [0.5, 0.6) is 11.5 Å². The molecule has 1 aliphatic heterocycles. The fraction of sp³-hybridized carbons (Fsp3) is 0.200. The van der Waals surface area contributed by atoms with Crippen LogP contribution in [0.15, 0.2) is 47.4 Å². The van der Waals surface area contributed by atoms with E-state index < -0.39 is 22.9 Å². The van der Waals surface area contributed by atoms with E-state index in [1.165, 1.54) is 32.4 Å². The first-order chi connectivity index (χ1) is 14.2. The highest BCUT2D eigenvalue weighted by Crippen LogP contribution is 2.35. The van der Waals surface area contributed by atoms with Crippen LogP contribution in [0.25, 0.3) is 6.08 Å². The molecule has 0 atom stereocenters. The number of thioether (sulfide) groups is 1. The fourth-order valence-electron chi connectivity index (χ4n) is 2.71. The Morgan fingerprint density at radius 2 is 1.87 bits per heavy atom. The molecule has 30 heavy (non-hydrogen) atoms. The minimum atomic E-state index is -4.49. The van der Waals surface area contributed by atoms with Gasteiger partial charge in [0.05, 0.1) is 31.4 Å². The molecule has 1 N–H and O–H groups in total. The van der Waals surface area contributed by atoms with Crippen molar-refractivity contribution in [2.24, 2.45) is 0 Å². The summed E-state index contributed by atoms with van der Waals surface area (Å²) in [5, 5.41) is 2.15. The summed E-state index contributed by atoms with van der Waals surface area (Å²) in [7, 11) is 2.97. The average molecular weight is 438 g/mol. The zero-order valence-corrected chi connectivity index (χ0v) is 16.8. The van der Waals surface area contributed by atoms with Crippen molar-refractivity contribution < 1.29 is 32.2 Å². The van der Waals surface area contributed by atoms with Gasteiger partial charge in [-0.1, -0.05) is 6.07 Å². The summed E-state index contributed by atoms with van der Waals surface area (Å²) in [5.74, 6) is 0.478. The molecule has 158 valence electrons. The first-order valence-corrected chi connectivity index (χ1v) is 9.43. The molecular formula is C20H17F3N2O4S. The number of halogens is 3. The van der Waals surface area contributed by atoms with Crippen LogP contribution >= 0.6 is 11.8 Å². The number of nitrogens with zero attached hydrogens (tertiary/aromatic N) is 1. The monoisotopic (exact) mass is 438 g/mol. The normalized spacial score (nSPS) is 15.6. The van der Waals surface area contributed by atoms with Crippen molar-refractivity contribution in [3.05, 3.63) is 58.5 Å². The molecule has 1 heterocycles. The number of rotatable bonds is 6.